The molecule has 0 bridgehead atoms. The molecule has 1 aromatic heterocycles. The molecule has 1 unspecified atom stereocenters. The number of para-hydroxylation sites is 1. The number of aromatic nitrogens is 1. The van der Waals surface area contributed by atoms with Crippen LogP contribution in [0.4, 0.5) is 4.79 Å². The molecular formula is C19H25N3O. The molecule has 2 heterocycles. The van der Waals surface area contributed by atoms with Crippen molar-refractivity contribution < 1.29 is 4.79 Å². The summed E-state index contributed by atoms with van der Waals surface area (Å²) in [6.07, 6.45) is 3.08. The molecule has 1 atom stereocenters. The van der Waals surface area contributed by atoms with Crippen molar-refractivity contribution in [3.63, 3.8) is 0 Å². The monoisotopic (exact) mass is 311 g/mol. The minimum atomic E-state index is 0.0163. The van der Waals surface area contributed by atoms with E-state index in [4.69, 9.17) is 0 Å². The molecule has 0 aliphatic carbocycles. The van der Waals surface area contributed by atoms with Crippen molar-refractivity contribution in [2.45, 2.75) is 39.8 Å². The van der Waals surface area contributed by atoms with Crippen LogP contribution in [0, 0.1) is 5.92 Å². The zero-order valence-electron chi connectivity index (χ0n) is 14.1. The van der Waals surface area contributed by atoms with Crippen LogP contribution in [0.25, 0.3) is 5.69 Å². The van der Waals surface area contributed by atoms with E-state index in [0.29, 0.717) is 12.5 Å². The molecule has 2 amide bonds. The highest BCUT2D eigenvalue weighted by molar-refractivity contribution is 5.75. The molecule has 0 fully saturated rings. The van der Waals surface area contributed by atoms with Crippen LogP contribution in [-0.4, -0.2) is 22.0 Å². The van der Waals surface area contributed by atoms with Gasteiger partial charge in [-0.05, 0) is 43.0 Å². The second-order valence-corrected chi connectivity index (χ2v) is 6.65. The molecule has 23 heavy (non-hydrogen) atoms. The Morgan fingerprint density at radius 1 is 1.26 bits per heavy atom. The van der Waals surface area contributed by atoms with E-state index < -0.39 is 0 Å². The third kappa shape index (κ3) is 3.11. The normalized spacial score (nSPS) is 16.7. The highest BCUT2D eigenvalue weighted by Gasteiger charge is 2.28. The first-order valence-corrected chi connectivity index (χ1v) is 8.38. The largest absolute Gasteiger partial charge is 0.338 e. The summed E-state index contributed by atoms with van der Waals surface area (Å²) in [6, 6.07) is 12.5. The summed E-state index contributed by atoms with van der Waals surface area (Å²) in [5.74, 6) is 0.592. The van der Waals surface area contributed by atoms with Crippen LogP contribution >= 0.6 is 0 Å². The molecule has 0 saturated heterocycles. The van der Waals surface area contributed by atoms with Gasteiger partial charge in [0.05, 0.1) is 18.3 Å². The first kappa shape index (κ1) is 15.7. The van der Waals surface area contributed by atoms with Gasteiger partial charge in [0.1, 0.15) is 0 Å². The number of rotatable bonds is 3. The second-order valence-electron chi connectivity index (χ2n) is 6.65. The van der Waals surface area contributed by atoms with Gasteiger partial charge >= 0.3 is 6.03 Å². The van der Waals surface area contributed by atoms with Gasteiger partial charge in [0.15, 0.2) is 0 Å². The van der Waals surface area contributed by atoms with Crippen molar-refractivity contribution in [2.75, 3.05) is 6.54 Å². The third-order valence-electron chi connectivity index (χ3n) is 4.53. The number of carbonyl (C=O) groups excluding carboxylic acids is 1. The standard InChI is InChI=1S/C19H25N3O/c1-14(2)10-11-20-19(23)22-13-16-7-4-5-8-18(16)21-12-6-9-17(21)15(22)3/h4-9,12,14-15H,10-11,13H2,1-3H3,(H,20,23). The van der Waals surface area contributed by atoms with E-state index in [1.807, 2.05) is 23.1 Å². The summed E-state index contributed by atoms with van der Waals surface area (Å²) < 4.78 is 2.20. The maximum absolute atomic E-state index is 12.7. The first-order valence-electron chi connectivity index (χ1n) is 8.38. The fourth-order valence-electron chi connectivity index (χ4n) is 3.13. The van der Waals surface area contributed by atoms with Gasteiger partial charge in [0.2, 0.25) is 0 Å². The quantitative estimate of drug-likeness (QED) is 0.910. The van der Waals surface area contributed by atoms with E-state index >= 15 is 0 Å². The number of amides is 2. The number of carbonyl (C=O) groups is 1. The lowest BCUT2D eigenvalue weighted by Gasteiger charge is -2.28. The van der Waals surface area contributed by atoms with Gasteiger partial charge in [0.25, 0.3) is 0 Å². The Balaban J connectivity index is 1.87. The molecule has 4 heteroatoms. The molecule has 4 nitrogen and oxygen atoms in total. The Morgan fingerprint density at radius 3 is 2.83 bits per heavy atom. The van der Waals surface area contributed by atoms with E-state index in [1.54, 1.807) is 0 Å². The van der Waals surface area contributed by atoms with Gasteiger partial charge in [-0.1, -0.05) is 32.0 Å². The van der Waals surface area contributed by atoms with Crippen LogP contribution in [0.3, 0.4) is 0 Å². The summed E-state index contributed by atoms with van der Waals surface area (Å²) in [6.45, 7) is 7.79. The molecule has 1 aliphatic heterocycles. The van der Waals surface area contributed by atoms with E-state index in [1.165, 1.54) is 5.56 Å². The number of nitrogens with zero attached hydrogens (tertiary/aromatic N) is 2. The highest BCUT2D eigenvalue weighted by atomic mass is 16.2. The fourth-order valence-corrected chi connectivity index (χ4v) is 3.13. The van der Waals surface area contributed by atoms with Crippen LogP contribution in [0.15, 0.2) is 42.6 Å². The Labute approximate surface area is 138 Å². The fraction of sp³-hybridized carbons (Fsp3) is 0.421. The molecule has 1 aromatic carbocycles. The number of hydrogen-bond acceptors (Lipinski definition) is 1. The Kier molecular flexibility index (Phi) is 4.42. The number of fused-ring (bicyclic) bond motifs is 3. The topological polar surface area (TPSA) is 37.3 Å². The minimum absolute atomic E-state index is 0.0163. The number of hydrogen-bond donors (Lipinski definition) is 1. The molecular weight excluding hydrogens is 286 g/mol. The van der Waals surface area contributed by atoms with Crippen molar-refractivity contribution >= 4 is 6.03 Å². The number of benzene rings is 1. The van der Waals surface area contributed by atoms with Crippen molar-refractivity contribution in [2.24, 2.45) is 5.92 Å². The van der Waals surface area contributed by atoms with E-state index in [9.17, 15) is 4.79 Å². The van der Waals surface area contributed by atoms with Gasteiger partial charge in [-0.2, -0.15) is 0 Å². The predicted molar refractivity (Wildman–Crippen MR) is 92.6 cm³/mol. The van der Waals surface area contributed by atoms with Crippen LogP contribution in [-0.2, 0) is 6.54 Å². The lowest BCUT2D eigenvalue weighted by atomic mass is 10.1. The van der Waals surface area contributed by atoms with Crippen molar-refractivity contribution in [1.29, 1.82) is 0 Å². The second kappa shape index (κ2) is 6.49. The molecule has 122 valence electrons. The Bertz CT molecular complexity index is 689. The average Bonchev–Trinajstić information content (AvgIpc) is 2.97. The Hall–Kier alpha value is -2.23. The summed E-state index contributed by atoms with van der Waals surface area (Å²) in [5, 5.41) is 3.07. The predicted octanol–water partition coefficient (Wildman–Crippen LogP) is 4.11. The third-order valence-corrected chi connectivity index (χ3v) is 4.53. The summed E-state index contributed by atoms with van der Waals surface area (Å²) in [7, 11) is 0. The van der Waals surface area contributed by atoms with Gasteiger partial charge in [0, 0.05) is 18.4 Å². The van der Waals surface area contributed by atoms with Crippen molar-refractivity contribution in [3.8, 4) is 5.69 Å². The van der Waals surface area contributed by atoms with Crippen LogP contribution in [0.2, 0.25) is 0 Å². The van der Waals surface area contributed by atoms with Crippen LogP contribution < -0.4 is 5.32 Å². The van der Waals surface area contributed by atoms with Crippen molar-refractivity contribution in [1.82, 2.24) is 14.8 Å². The van der Waals surface area contributed by atoms with Gasteiger partial charge < -0.3 is 14.8 Å². The maximum Gasteiger partial charge on any atom is 0.318 e. The van der Waals surface area contributed by atoms with Crippen LogP contribution in [0.5, 0.6) is 0 Å². The van der Waals surface area contributed by atoms with E-state index in [0.717, 1.165) is 24.3 Å². The number of urea groups is 1. The maximum atomic E-state index is 12.7. The summed E-state index contributed by atoms with van der Waals surface area (Å²) in [5.41, 5.74) is 3.49. The first-order chi connectivity index (χ1) is 11.1. The zero-order chi connectivity index (χ0) is 16.4. The van der Waals surface area contributed by atoms with Gasteiger partial charge in [-0.3, -0.25) is 0 Å². The van der Waals surface area contributed by atoms with E-state index in [2.05, 4.69) is 55.1 Å². The summed E-state index contributed by atoms with van der Waals surface area (Å²) in [4.78, 5) is 14.6. The zero-order valence-corrected chi connectivity index (χ0v) is 14.1. The molecule has 3 rings (SSSR count). The molecule has 2 aromatic rings. The lowest BCUT2D eigenvalue weighted by Crippen LogP contribution is -2.41. The molecule has 1 N–H and O–H groups in total. The molecule has 0 radical (unpaired) electrons. The summed E-state index contributed by atoms with van der Waals surface area (Å²) >= 11 is 0. The smallest absolute Gasteiger partial charge is 0.318 e. The lowest BCUT2D eigenvalue weighted by molar-refractivity contribution is 0.175. The van der Waals surface area contributed by atoms with Crippen LogP contribution in [0.1, 0.15) is 44.5 Å². The number of nitrogens with one attached hydrogen (secondary N) is 1. The minimum Gasteiger partial charge on any atom is -0.338 e. The van der Waals surface area contributed by atoms with Gasteiger partial charge in [-0.15, -0.1) is 0 Å². The SMILES string of the molecule is CC(C)CCNC(=O)N1Cc2ccccc2-n2cccc2C1C. The molecule has 0 saturated carbocycles. The average molecular weight is 311 g/mol. The van der Waals surface area contributed by atoms with Crippen molar-refractivity contribution in [3.05, 3.63) is 53.9 Å². The van der Waals surface area contributed by atoms with E-state index in [-0.39, 0.29) is 12.1 Å². The highest BCUT2D eigenvalue weighted by Crippen LogP contribution is 2.31. The molecule has 0 spiro atoms. The Morgan fingerprint density at radius 2 is 2.04 bits per heavy atom. The van der Waals surface area contributed by atoms with Gasteiger partial charge in [-0.25, -0.2) is 4.79 Å². The molecule has 1 aliphatic rings.